The Labute approximate surface area is 177 Å². The summed E-state index contributed by atoms with van der Waals surface area (Å²) in [5, 5.41) is 4.22. The molecule has 1 aliphatic rings. The number of hydrogen-bond donors (Lipinski definition) is 2. The monoisotopic (exact) mass is 407 g/mol. The summed E-state index contributed by atoms with van der Waals surface area (Å²) in [7, 11) is 5.85. The Bertz CT molecular complexity index is 1000. The van der Waals surface area contributed by atoms with Crippen LogP contribution in [0.5, 0.6) is 5.75 Å². The van der Waals surface area contributed by atoms with Gasteiger partial charge in [-0.15, -0.1) is 0 Å². The highest BCUT2D eigenvalue weighted by atomic mass is 16.5. The van der Waals surface area contributed by atoms with E-state index in [0.29, 0.717) is 23.5 Å². The van der Waals surface area contributed by atoms with Crippen molar-refractivity contribution in [1.82, 2.24) is 19.9 Å². The van der Waals surface area contributed by atoms with Crippen molar-refractivity contribution in [2.75, 3.05) is 50.2 Å². The summed E-state index contributed by atoms with van der Waals surface area (Å²) < 4.78 is 5.24. The number of rotatable bonds is 6. The zero-order valence-electron chi connectivity index (χ0n) is 17.8. The standard InChI is InChI=1S/C22H29N7O/c1-28-12-9-16(10-13-28)25-22-26-20(23)19-18(8-11-24-21(19)27-22)29(2)14-15-4-6-17(30-3)7-5-15/h4-8,11,16H,9-10,12-14H2,1-3H3,(H3,23,24,25,26,27). The van der Waals surface area contributed by atoms with E-state index in [2.05, 4.69) is 49.2 Å². The predicted octanol–water partition coefficient (Wildman–Crippen LogP) is 2.76. The lowest BCUT2D eigenvalue weighted by molar-refractivity contribution is 0.263. The van der Waals surface area contributed by atoms with Crippen molar-refractivity contribution in [1.29, 1.82) is 0 Å². The first-order valence-corrected chi connectivity index (χ1v) is 10.2. The van der Waals surface area contributed by atoms with Crippen LogP contribution >= 0.6 is 0 Å². The first-order valence-electron chi connectivity index (χ1n) is 10.2. The van der Waals surface area contributed by atoms with Gasteiger partial charge in [0.1, 0.15) is 11.6 Å². The van der Waals surface area contributed by atoms with Crippen LogP contribution in [0.3, 0.4) is 0 Å². The van der Waals surface area contributed by atoms with Crippen molar-refractivity contribution in [3.63, 3.8) is 0 Å². The summed E-state index contributed by atoms with van der Waals surface area (Å²) in [6, 6.07) is 10.4. The van der Waals surface area contributed by atoms with Crippen molar-refractivity contribution < 1.29 is 4.74 Å². The summed E-state index contributed by atoms with van der Waals surface area (Å²) in [5.74, 6) is 1.84. The van der Waals surface area contributed by atoms with E-state index >= 15 is 0 Å². The number of piperidine rings is 1. The summed E-state index contributed by atoms with van der Waals surface area (Å²) in [5.41, 5.74) is 9.11. The molecule has 0 bridgehead atoms. The highest BCUT2D eigenvalue weighted by Crippen LogP contribution is 2.30. The van der Waals surface area contributed by atoms with Gasteiger partial charge in [-0.2, -0.15) is 9.97 Å². The van der Waals surface area contributed by atoms with Crippen LogP contribution in [-0.4, -0.2) is 60.2 Å². The quantitative estimate of drug-likeness (QED) is 0.644. The number of hydrogen-bond acceptors (Lipinski definition) is 8. The fraction of sp³-hybridized carbons (Fsp3) is 0.409. The van der Waals surface area contributed by atoms with Gasteiger partial charge in [0, 0.05) is 25.8 Å². The molecule has 3 N–H and O–H groups in total. The van der Waals surface area contributed by atoms with Gasteiger partial charge in [-0.25, -0.2) is 4.98 Å². The second kappa shape index (κ2) is 8.71. The van der Waals surface area contributed by atoms with Gasteiger partial charge in [0.25, 0.3) is 0 Å². The Morgan fingerprint density at radius 3 is 2.60 bits per heavy atom. The molecule has 4 rings (SSSR count). The largest absolute Gasteiger partial charge is 0.497 e. The van der Waals surface area contributed by atoms with Crippen molar-refractivity contribution in [3.05, 3.63) is 42.1 Å². The molecule has 0 radical (unpaired) electrons. The number of likely N-dealkylation sites (tertiary alicyclic amines) is 1. The molecule has 0 aliphatic carbocycles. The SMILES string of the molecule is COc1ccc(CN(C)c2ccnc3nc(NC4CCN(C)CC4)nc(N)c23)cc1. The Morgan fingerprint density at radius 1 is 1.17 bits per heavy atom. The third-order valence-electron chi connectivity index (χ3n) is 5.65. The van der Waals surface area contributed by atoms with E-state index in [1.54, 1.807) is 13.3 Å². The van der Waals surface area contributed by atoms with E-state index in [1.807, 2.05) is 25.2 Å². The molecule has 1 aliphatic heterocycles. The van der Waals surface area contributed by atoms with Gasteiger partial charge in [-0.05, 0) is 56.7 Å². The number of benzene rings is 1. The third-order valence-corrected chi connectivity index (χ3v) is 5.65. The molecule has 0 unspecified atom stereocenters. The van der Waals surface area contributed by atoms with Crippen LogP contribution in [0.25, 0.3) is 11.0 Å². The van der Waals surface area contributed by atoms with Crippen LogP contribution in [0, 0.1) is 0 Å². The number of fused-ring (bicyclic) bond motifs is 1. The van der Waals surface area contributed by atoms with E-state index in [0.717, 1.165) is 49.3 Å². The molecule has 8 heteroatoms. The molecule has 8 nitrogen and oxygen atoms in total. The van der Waals surface area contributed by atoms with Crippen LogP contribution in [0.2, 0.25) is 0 Å². The lowest BCUT2D eigenvalue weighted by Gasteiger charge is -2.29. The van der Waals surface area contributed by atoms with Crippen LogP contribution in [0.1, 0.15) is 18.4 Å². The van der Waals surface area contributed by atoms with Crippen LogP contribution in [0.4, 0.5) is 17.5 Å². The van der Waals surface area contributed by atoms with Gasteiger partial charge in [0.05, 0.1) is 18.2 Å². The van der Waals surface area contributed by atoms with E-state index in [-0.39, 0.29) is 0 Å². The minimum Gasteiger partial charge on any atom is -0.497 e. The van der Waals surface area contributed by atoms with Gasteiger partial charge in [-0.1, -0.05) is 12.1 Å². The molecule has 0 atom stereocenters. The molecule has 1 aromatic carbocycles. The molecule has 1 fully saturated rings. The Balaban J connectivity index is 1.56. The number of ether oxygens (including phenoxy) is 1. The molecule has 158 valence electrons. The fourth-order valence-corrected chi connectivity index (χ4v) is 3.87. The lowest BCUT2D eigenvalue weighted by atomic mass is 10.1. The Kier molecular flexibility index (Phi) is 5.85. The zero-order chi connectivity index (χ0) is 21.1. The molecule has 0 saturated carbocycles. The van der Waals surface area contributed by atoms with Gasteiger partial charge >= 0.3 is 0 Å². The average molecular weight is 408 g/mol. The maximum absolute atomic E-state index is 6.37. The van der Waals surface area contributed by atoms with Gasteiger partial charge in [0.2, 0.25) is 5.95 Å². The summed E-state index contributed by atoms with van der Waals surface area (Å²) >= 11 is 0. The smallest absolute Gasteiger partial charge is 0.226 e. The first-order chi connectivity index (χ1) is 14.5. The summed E-state index contributed by atoms with van der Waals surface area (Å²) in [4.78, 5) is 18.1. The van der Waals surface area contributed by atoms with Gasteiger partial charge in [-0.3, -0.25) is 0 Å². The lowest BCUT2D eigenvalue weighted by Crippen LogP contribution is -2.37. The summed E-state index contributed by atoms with van der Waals surface area (Å²) in [6.07, 6.45) is 3.90. The molecule has 3 heterocycles. The van der Waals surface area contributed by atoms with E-state index in [9.17, 15) is 0 Å². The molecule has 1 saturated heterocycles. The highest BCUT2D eigenvalue weighted by Gasteiger charge is 2.19. The van der Waals surface area contributed by atoms with E-state index in [1.165, 1.54) is 5.56 Å². The first kappa shape index (κ1) is 20.2. The number of nitrogens with zero attached hydrogens (tertiary/aromatic N) is 5. The zero-order valence-corrected chi connectivity index (χ0v) is 17.8. The maximum atomic E-state index is 6.37. The van der Waals surface area contributed by atoms with Crippen molar-refractivity contribution >= 4 is 28.5 Å². The number of nitrogens with one attached hydrogen (secondary N) is 1. The summed E-state index contributed by atoms with van der Waals surface area (Å²) in [6.45, 7) is 2.86. The van der Waals surface area contributed by atoms with Crippen molar-refractivity contribution in [2.45, 2.75) is 25.4 Å². The average Bonchev–Trinajstić information content (AvgIpc) is 2.75. The topological polar surface area (TPSA) is 92.4 Å². The molecule has 2 aromatic heterocycles. The van der Waals surface area contributed by atoms with Crippen LogP contribution < -0.4 is 20.7 Å². The minimum atomic E-state index is 0.360. The van der Waals surface area contributed by atoms with Crippen LogP contribution in [-0.2, 0) is 6.54 Å². The number of aromatic nitrogens is 3. The number of pyridine rings is 1. The van der Waals surface area contributed by atoms with Crippen LogP contribution in [0.15, 0.2) is 36.5 Å². The van der Waals surface area contributed by atoms with Gasteiger partial charge in [0.15, 0.2) is 5.65 Å². The van der Waals surface area contributed by atoms with E-state index < -0.39 is 0 Å². The normalized spacial score (nSPS) is 15.3. The second-order valence-electron chi connectivity index (χ2n) is 7.89. The minimum absolute atomic E-state index is 0.360. The Hall–Kier alpha value is -3.13. The number of anilines is 3. The van der Waals surface area contributed by atoms with E-state index in [4.69, 9.17) is 10.5 Å². The molecule has 30 heavy (non-hydrogen) atoms. The third kappa shape index (κ3) is 4.38. The molecule has 0 amide bonds. The Morgan fingerprint density at radius 2 is 1.90 bits per heavy atom. The molecule has 3 aromatic rings. The maximum Gasteiger partial charge on any atom is 0.226 e. The number of nitrogen functional groups attached to an aromatic ring is 1. The van der Waals surface area contributed by atoms with Crippen molar-refractivity contribution in [3.8, 4) is 5.75 Å². The molecular weight excluding hydrogens is 378 g/mol. The molecule has 0 spiro atoms. The van der Waals surface area contributed by atoms with Crippen molar-refractivity contribution in [2.24, 2.45) is 0 Å². The predicted molar refractivity (Wildman–Crippen MR) is 121 cm³/mol. The highest BCUT2D eigenvalue weighted by molar-refractivity contribution is 5.97. The fourth-order valence-electron chi connectivity index (χ4n) is 3.87. The number of methoxy groups -OCH3 is 1. The molecular formula is C22H29N7O. The number of nitrogens with two attached hydrogens (primary N) is 1. The van der Waals surface area contributed by atoms with Gasteiger partial charge < -0.3 is 25.6 Å². The second-order valence-corrected chi connectivity index (χ2v) is 7.89.